The largest absolute Gasteiger partial charge is 0.489 e. The number of aromatic nitrogens is 1. The Hall–Kier alpha value is -2.55. The molecule has 2 aromatic carbocycles. The Morgan fingerprint density at radius 1 is 1.14 bits per heavy atom. The standard InChI is InChI=1S/C22H26N4O2.HI/c1-16-8-7-11-20(12-16)28-17(2)13-24-22(23-3)25-14-19-15-27-21(26-19)18-9-5-4-6-10-18;/h4-12,15,17H,13-14H2,1-3H3,(H2,23,24,25);1H. The summed E-state index contributed by atoms with van der Waals surface area (Å²) in [6.45, 7) is 5.21. The third kappa shape index (κ3) is 7.08. The first-order valence-electron chi connectivity index (χ1n) is 9.31. The lowest BCUT2D eigenvalue weighted by Gasteiger charge is -2.17. The number of nitrogens with zero attached hydrogens (tertiary/aromatic N) is 2. The van der Waals surface area contributed by atoms with E-state index in [4.69, 9.17) is 9.15 Å². The number of hydrogen-bond acceptors (Lipinski definition) is 4. The van der Waals surface area contributed by atoms with Crippen molar-refractivity contribution in [3.63, 3.8) is 0 Å². The van der Waals surface area contributed by atoms with Crippen LogP contribution in [0.3, 0.4) is 0 Å². The van der Waals surface area contributed by atoms with Crippen molar-refractivity contribution >= 4 is 29.9 Å². The molecule has 0 fully saturated rings. The number of guanidine groups is 1. The highest BCUT2D eigenvalue weighted by Crippen LogP contribution is 2.17. The summed E-state index contributed by atoms with van der Waals surface area (Å²) in [5.74, 6) is 2.16. The molecule has 0 aliphatic rings. The minimum atomic E-state index is -0.00270. The second-order valence-electron chi connectivity index (χ2n) is 6.56. The molecule has 6 nitrogen and oxygen atoms in total. The second-order valence-corrected chi connectivity index (χ2v) is 6.56. The molecule has 1 atom stereocenters. The van der Waals surface area contributed by atoms with Crippen LogP contribution >= 0.6 is 24.0 Å². The van der Waals surface area contributed by atoms with Gasteiger partial charge in [0.2, 0.25) is 5.89 Å². The Bertz CT molecular complexity index is 912. The maximum atomic E-state index is 5.93. The quantitative estimate of drug-likeness (QED) is 0.283. The topological polar surface area (TPSA) is 71.7 Å². The maximum Gasteiger partial charge on any atom is 0.226 e. The molecule has 2 N–H and O–H groups in total. The lowest BCUT2D eigenvalue weighted by Crippen LogP contribution is -2.41. The maximum absolute atomic E-state index is 5.93. The molecule has 0 spiro atoms. The van der Waals surface area contributed by atoms with Gasteiger partial charge in [-0.05, 0) is 43.7 Å². The first kappa shape index (κ1) is 22.7. The molecular weight excluding hydrogens is 479 g/mol. The molecule has 1 unspecified atom stereocenters. The van der Waals surface area contributed by atoms with Crippen molar-refractivity contribution in [3.05, 3.63) is 72.1 Å². The van der Waals surface area contributed by atoms with Crippen LogP contribution in [0.25, 0.3) is 11.5 Å². The van der Waals surface area contributed by atoms with E-state index >= 15 is 0 Å². The van der Waals surface area contributed by atoms with E-state index in [0.29, 0.717) is 24.9 Å². The summed E-state index contributed by atoms with van der Waals surface area (Å²) in [7, 11) is 1.74. The molecule has 29 heavy (non-hydrogen) atoms. The summed E-state index contributed by atoms with van der Waals surface area (Å²) >= 11 is 0. The molecular formula is C22H27IN4O2. The van der Waals surface area contributed by atoms with Gasteiger partial charge in [0.25, 0.3) is 0 Å². The average molecular weight is 506 g/mol. The number of rotatable bonds is 7. The summed E-state index contributed by atoms with van der Waals surface area (Å²) < 4.78 is 11.5. The highest BCUT2D eigenvalue weighted by Gasteiger charge is 2.09. The Labute approximate surface area is 188 Å². The van der Waals surface area contributed by atoms with Crippen LogP contribution in [0.1, 0.15) is 18.2 Å². The summed E-state index contributed by atoms with van der Waals surface area (Å²) in [5.41, 5.74) is 2.95. The molecule has 0 aliphatic heterocycles. The van der Waals surface area contributed by atoms with Crippen molar-refractivity contribution in [2.75, 3.05) is 13.6 Å². The van der Waals surface area contributed by atoms with E-state index in [-0.39, 0.29) is 30.1 Å². The number of oxazole rings is 1. The molecule has 0 aliphatic carbocycles. The van der Waals surface area contributed by atoms with Gasteiger partial charge in [-0.25, -0.2) is 4.98 Å². The Kier molecular flexibility index (Phi) is 8.98. The van der Waals surface area contributed by atoms with Crippen molar-refractivity contribution in [2.45, 2.75) is 26.5 Å². The number of nitrogens with one attached hydrogen (secondary N) is 2. The third-order valence-corrected chi connectivity index (χ3v) is 4.12. The minimum absolute atomic E-state index is 0. The van der Waals surface area contributed by atoms with Crippen LogP contribution < -0.4 is 15.4 Å². The highest BCUT2D eigenvalue weighted by molar-refractivity contribution is 14.0. The summed E-state index contributed by atoms with van der Waals surface area (Å²) in [6.07, 6.45) is 1.66. The van der Waals surface area contributed by atoms with Gasteiger partial charge in [0.05, 0.1) is 18.8 Å². The van der Waals surface area contributed by atoms with Gasteiger partial charge in [-0.1, -0.05) is 30.3 Å². The molecule has 1 heterocycles. The lowest BCUT2D eigenvalue weighted by molar-refractivity contribution is 0.223. The smallest absolute Gasteiger partial charge is 0.226 e. The Balaban J connectivity index is 0.00000300. The number of halogens is 1. The first-order chi connectivity index (χ1) is 13.6. The van der Waals surface area contributed by atoms with Crippen LogP contribution in [0.5, 0.6) is 5.75 Å². The van der Waals surface area contributed by atoms with Crippen LogP contribution in [-0.4, -0.2) is 30.6 Å². The van der Waals surface area contributed by atoms with Crippen molar-refractivity contribution < 1.29 is 9.15 Å². The van der Waals surface area contributed by atoms with Gasteiger partial charge < -0.3 is 19.8 Å². The normalized spacial score (nSPS) is 12.0. The number of aliphatic imine (C=N–C) groups is 1. The first-order valence-corrected chi connectivity index (χ1v) is 9.31. The molecule has 3 aromatic rings. The van der Waals surface area contributed by atoms with Crippen molar-refractivity contribution in [2.24, 2.45) is 4.99 Å². The molecule has 3 rings (SSSR count). The van der Waals surface area contributed by atoms with Gasteiger partial charge >= 0.3 is 0 Å². The van der Waals surface area contributed by atoms with E-state index in [1.807, 2.05) is 55.5 Å². The molecule has 154 valence electrons. The van der Waals surface area contributed by atoms with Gasteiger partial charge in [-0.15, -0.1) is 24.0 Å². The van der Waals surface area contributed by atoms with Crippen molar-refractivity contribution in [1.82, 2.24) is 15.6 Å². The molecule has 0 radical (unpaired) electrons. The lowest BCUT2D eigenvalue weighted by atomic mass is 10.2. The monoisotopic (exact) mass is 506 g/mol. The van der Waals surface area contributed by atoms with E-state index in [0.717, 1.165) is 17.0 Å². The molecule has 0 saturated carbocycles. The van der Waals surface area contributed by atoms with E-state index in [1.165, 1.54) is 5.56 Å². The number of benzene rings is 2. The molecule has 1 aromatic heterocycles. The SMILES string of the molecule is CN=C(NCc1coc(-c2ccccc2)n1)NCC(C)Oc1cccc(C)c1.I. The Morgan fingerprint density at radius 2 is 1.93 bits per heavy atom. The second kappa shape index (κ2) is 11.5. The third-order valence-electron chi connectivity index (χ3n) is 4.12. The fourth-order valence-electron chi connectivity index (χ4n) is 2.70. The Morgan fingerprint density at radius 3 is 2.66 bits per heavy atom. The molecule has 0 amide bonds. The van der Waals surface area contributed by atoms with E-state index < -0.39 is 0 Å². The van der Waals surface area contributed by atoms with Crippen LogP contribution in [-0.2, 0) is 6.54 Å². The predicted molar refractivity (Wildman–Crippen MR) is 127 cm³/mol. The van der Waals surface area contributed by atoms with Gasteiger partial charge in [0.15, 0.2) is 5.96 Å². The molecule has 7 heteroatoms. The predicted octanol–water partition coefficient (Wildman–Crippen LogP) is 4.40. The van der Waals surface area contributed by atoms with Crippen LogP contribution in [0.15, 0.2) is 70.3 Å². The number of hydrogen-bond donors (Lipinski definition) is 2. The van der Waals surface area contributed by atoms with E-state index in [9.17, 15) is 0 Å². The van der Waals surface area contributed by atoms with E-state index in [1.54, 1.807) is 13.3 Å². The summed E-state index contributed by atoms with van der Waals surface area (Å²) in [4.78, 5) is 8.75. The average Bonchev–Trinajstić information content (AvgIpc) is 3.18. The fourth-order valence-corrected chi connectivity index (χ4v) is 2.70. The van der Waals surface area contributed by atoms with Gasteiger partial charge in [0, 0.05) is 12.6 Å². The fraction of sp³-hybridized carbons (Fsp3) is 0.273. The highest BCUT2D eigenvalue weighted by atomic mass is 127. The zero-order valence-electron chi connectivity index (χ0n) is 16.9. The number of ether oxygens (including phenoxy) is 1. The number of aryl methyl sites for hydroxylation is 1. The van der Waals surface area contributed by atoms with Crippen molar-refractivity contribution in [3.8, 4) is 17.2 Å². The molecule has 0 bridgehead atoms. The zero-order chi connectivity index (χ0) is 19.8. The zero-order valence-corrected chi connectivity index (χ0v) is 19.2. The molecule has 0 saturated heterocycles. The van der Waals surface area contributed by atoms with E-state index in [2.05, 4.69) is 33.6 Å². The van der Waals surface area contributed by atoms with Crippen LogP contribution in [0.2, 0.25) is 0 Å². The van der Waals surface area contributed by atoms with Crippen LogP contribution in [0, 0.1) is 6.92 Å². The van der Waals surface area contributed by atoms with Gasteiger partial charge in [-0.3, -0.25) is 4.99 Å². The van der Waals surface area contributed by atoms with Crippen LogP contribution in [0.4, 0.5) is 0 Å². The summed E-state index contributed by atoms with van der Waals surface area (Å²) in [5, 5.41) is 6.51. The van der Waals surface area contributed by atoms with Gasteiger partial charge in [-0.2, -0.15) is 0 Å². The van der Waals surface area contributed by atoms with Gasteiger partial charge in [0.1, 0.15) is 18.1 Å². The summed E-state index contributed by atoms with van der Waals surface area (Å²) in [6, 6.07) is 17.9. The van der Waals surface area contributed by atoms with Crippen molar-refractivity contribution in [1.29, 1.82) is 0 Å². The minimum Gasteiger partial charge on any atom is -0.489 e.